The fraction of sp³-hybridized carbons (Fsp3) is 0.698. The minimum atomic E-state index is -0.330. The van der Waals surface area contributed by atoms with Crippen molar-refractivity contribution in [2.75, 3.05) is 13.1 Å². The zero-order valence-corrected chi connectivity index (χ0v) is 35.7. The van der Waals surface area contributed by atoms with Gasteiger partial charge < -0.3 is 28.9 Å². The van der Waals surface area contributed by atoms with E-state index in [2.05, 4.69) is 20.4 Å². The maximum atomic E-state index is 12.0. The first-order chi connectivity index (χ1) is 25.9. The van der Waals surface area contributed by atoms with E-state index in [1.807, 2.05) is 104 Å². The lowest BCUT2D eigenvalue weighted by Gasteiger charge is -2.62. The van der Waals surface area contributed by atoms with Gasteiger partial charge in [0.15, 0.2) is 12.8 Å². The van der Waals surface area contributed by atoms with E-state index in [4.69, 9.17) is 8.83 Å². The van der Waals surface area contributed by atoms with Crippen LogP contribution in [0.25, 0.3) is 0 Å². The summed E-state index contributed by atoms with van der Waals surface area (Å²) in [6.07, 6.45) is 9.15. The van der Waals surface area contributed by atoms with E-state index in [-0.39, 0.29) is 58.3 Å². The zero-order valence-electron chi connectivity index (χ0n) is 35.7. The number of oxazole rings is 2. The topological polar surface area (TPSA) is 160 Å². The Labute approximate surface area is 339 Å². The van der Waals surface area contributed by atoms with Gasteiger partial charge in [-0.1, -0.05) is 90.5 Å². The molecule has 1 N–H and O–H groups in total. The Bertz CT molecular complexity index is 1770. The fourth-order valence-electron chi connectivity index (χ4n) is 7.24. The monoisotopic (exact) mass is 793 g/mol. The first-order valence-corrected chi connectivity index (χ1v) is 19.9. The molecule has 3 saturated carbocycles. The van der Waals surface area contributed by atoms with Crippen LogP contribution in [0.1, 0.15) is 138 Å². The van der Waals surface area contributed by atoms with E-state index in [1.54, 1.807) is 11.1 Å². The number of hydrogen-bond donors (Lipinski definition) is 1. The van der Waals surface area contributed by atoms with Crippen molar-refractivity contribution < 1.29 is 28.0 Å². The number of carbonyl (C=O) groups excluding carboxylic acids is 4. The molecule has 316 valence electrons. The molecule has 0 saturated heterocycles. The minimum Gasteiger partial charge on any atom is -0.448 e. The Balaban J connectivity index is 0.000000168. The number of fused-ring (bicyclic) bond motifs is 3. The second-order valence-corrected chi connectivity index (χ2v) is 20.1. The summed E-state index contributed by atoms with van der Waals surface area (Å²) in [4.78, 5) is 61.2. The van der Waals surface area contributed by atoms with E-state index >= 15 is 0 Å². The summed E-state index contributed by atoms with van der Waals surface area (Å²) < 4.78 is 12.3. The Morgan fingerprint density at radius 3 is 1.63 bits per heavy atom. The minimum absolute atomic E-state index is 0. The van der Waals surface area contributed by atoms with Gasteiger partial charge in [-0.15, -0.1) is 0 Å². The summed E-state index contributed by atoms with van der Waals surface area (Å²) in [5.41, 5.74) is 2.00. The molecule has 3 fully saturated rings. The van der Waals surface area contributed by atoms with Gasteiger partial charge in [-0.25, -0.2) is 9.97 Å². The Morgan fingerprint density at radius 1 is 0.649 bits per heavy atom. The highest BCUT2D eigenvalue weighted by Crippen LogP contribution is 2.57. The van der Waals surface area contributed by atoms with Crippen LogP contribution in [-0.4, -0.2) is 76.7 Å². The standard InChI is InChI=1S/C11H17N3O.C11H16N2O2.C10H14N2O2.C10H17NO.CH4/c1-11(2,3)10(15)13-6-7-14-9(8-13)4-5-12-14;1-11(2,3)10(14)13-5-4-9-8(6-13)12-7-15-9;1-10(2,3)9(13)12-4-7-8(5-12)14-6-11-7;1-9(2,3)8(12)11-10-4-7(5-10)6-10;/h4-5H,6-8H2,1-3H3;7H,4-6H2,1-3H3;6H,4-5H2,1-3H3;7H,4-6H2,1-3H3,(H,11,12);1H4. The van der Waals surface area contributed by atoms with Crippen molar-refractivity contribution in [2.24, 2.45) is 27.6 Å². The number of amides is 4. The normalized spacial score (nSPS) is 20.5. The van der Waals surface area contributed by atoms with Crippen molar-refractivity contribution in [3.63, 3.8) is 0 Å². The Hall–Kier alpha value is -4.49. The van der Waals surface area contributed by atoms with Crippen molar-refractivity contribution >= 4 is 23.6 Å². The van der Waals surface area contributed by atoms with Gasteiger partial charge in [-0.05, 0) is 31.2 Å². The summed E-state index contributed by atoms with van der Waals surface area (Å²) in [7, 11) is 0. The van der Waals surface area contributed by atoms with Crippen LogP contribution in [0.3, 0.4) is 0 Å². The molecule has 9 rings (SSSR count). The summed E-state index contributed by atoms with van der Waals surface area (Å²) >= 11 is 0. The number of carbonyl (C=O) groups is 4. The number of nitrogens with zero attached hydrogens (tertiary/aromatic N) is 7. The molecule has 3 aromatic heterocycles. The Morgan fingerprint density at radius 2 is 1.14 bits per heavy atom. The molecule has 14 nitrogen and oxygen atoms in total. The van der Waals surface area contributed by atoms with Crippen LogP contribution >= 0.6 is 0 Å². The smallest absolute Gasteiger partial charge is 0.228 e. The predicted molar refractivity (Wildman–Crippen MR) is 217 cm³/mol. The molecule has 0 spiro atoms. The van der Waals surface area contributed by atoms with Crippen LogP contribution in [0.5, 0.6) is 0 Å². The molecule has 0 aromatic carbocycles. The van der Waals surface area contributed by atoms with Crippen molar-refractivity contribution in [2.45, 2.75) is 154 Å². The summed E-state index contributed by atoms with van der Waals surface area (Å²) in [5.74, 6) is 3.43. The van der Waals surface area contributed by atoms with Crippen LogP contribution in [0.2, 0.25) is 0 Å². The van der Waals surface area contributed by atoms with E-state index in [1.165, 1.54) is 32.0 Å². The van der Waals surface area contributed by atoms with E-state index in [9.17, 15) is 19.2 Å². The lowest BCUT2D eigenvalue weighted by molar-refractivity contribution is -0.141. The maximum Gasteiger partial charge on any atom is 0.228 e. The highest BCUT2D eigenvalue weighted by atomic mass is 16.3. The molecular weight excluding hydrogens is 725 g/mol. The van der Waals surface area contributed by atoms with Crippen LogP contribution in [0.4, 0.5) is 0 Å². The molecule has 3 aliphatic carbocycles. The van der Waals surface area contributed by atoms with E-state index in [0.717, 1.165) is 60.6 Å². The van der Waals surface area contributed by atoms with Crippen molar-refractivity contribution in [1.82, 2.24) is 39.8 Å². The lowest BCUT2D eigenvalue weighted by Crippen LogP contribution is -2.69. The lowest BCUT2D eigenvalue weighted by atomic mass is 9.50. The van der Waals surface area contributed by atoms with Crippen LogP contribution in [0, 0.1) is 27.6 Å². The molecule has 6 aliphatic rings. The average Bonchev–Trinajstić information content (AvgIpc) is 3.88. The van der Waals surface area contributed by atoms with Crippen LogP contribution < -0.4 is 5.32 Å². The fourth-order valence-corrected chi connectivity index (χ4v) is 7.24. The van der Waals surface area contributed by atoms with Crippen LogP contribution in [0.15, 0.2) is 33.9 Å². The van der Waals surface area contributed by atoms with E-state index < -0.39 is 0 Å². The second-order valence-electron chi connectivity index (χ2n) is 20.1. The largest absolute Gasteiger partial charge is 0.448 e. The number of aromatic nitrogens is 4. The van der Waals surface area contributed by atoms with Gasteiger partial charge in [0.1, 0.15) is 22.9 Å². The van der Waals surface area contributed by atoms with Gasteiger partial charge in [0.2, 0.25) is 23.6 Å². The molecule has 3 aromatic rings. The summed E-state index contributed by atoms with van der Waals surface area (Å²) in [5, 5.41) is 7.35. The van der Waals surface area contributed by atoms with Gasteiger partial charge >= 0.3 is 0 Å². The van der Waals surface area contributed by atoms with Gasteiger partial charge in [0.25, 0.3) is 0 Å². The molecule has 0 radical (unpaired) electrons. The molecule has 2 bridgehead atoms. The maximum absolute atomic E-state index is 12.0. The molecular formula is C43H68N8O6. The number of hydrogen-bond acceptors (Lipinski definition) is 9. The highest BCUT2D eigenvalue weighted by molar-refractivity contribution is 5.83. The number of nitrogens with one attached hydrogen (secondary N) is 1. The SMILES string of the molecule is C.CC(C)(C)C(=O)N1CCc2ocnc2C1.CC(C)(C)C(=O)N1CCn2nccc2C1.CC(C)(C)C(=O)N1Cc2ncoc2C1.CC(C)(C)C(=O)NC12CC(C1)C2. The molecule has 6 heterocycles. The molecule has 0 unspecified atom stereocenters. The third-order valence-electron chi connectivity index (χ3n) is 10.7. The first kappa shape index (κ1) is 45.2. The summed E-state index contributed by atoms with van der Waals surface area (Å²) in [6, 6.07) is 1.97. The average molecular weight is 793 g/mol. The molecule has 3 aliphatic heterocycles. The zero-order chi connectivity index (χ0) is 41.4. The number of rotatable bonds is 1. The third kappa shape index (κ3) is 10.9. The van der Waals surface area contributed by atoms with Crippen LogP contribution in [-0.2, 0) is 58.3 Å². The van der Waals surface area contributed by atoms with Crippen molar-refractivity contribution in [3.05, 3.63) is 53.7 Å². The van der Waals surface area contributed by atoms with E-state index in [0.29, 0.717) is 26.2 Å². The first-order valence-electron chi connectivity index (χ1n) is 19.9. The van der Waals surface area contributed by atoms with Gasteiger partial charge in [0, 0.05) is 52.9 Å². The van der Waals surface area contributed by atoms with Gasteiger partial charge in [-0.2, -0.15) is 5.10 Å². The predicted octanol–water partition coefficient (Wildman–Crippen LogP) is 6.78. The van der Waals surface area contributed by atoms with Crippen molar-refractivity contribution in [1.29, 1.82) is 0 Å². The highest BCUT2D eigenvalue weighted by Gasteiger charge is 2.57. The third-order valence-corrected chi connectivity index (χ3v) is 10.7. The Kier molecular flexibility index (Phi) is 13.3. The quantitative estimate of drug-likeness (QED) is 0.280. The van der Waals surface area contributed by atoms with Gasteiger partial charge in [-0.3, -0.25) is 23.9 Å². The molecule has 14 heteroatoms. The second kappa shape index (κ2) is 16.8. The molecule has 0 atom stereocenters. The molecule has 57 heavy (non-hydrogen) atoms. The summed E-state index contributed by atoms with van der Waals surface area (Å²) in [6.45, 7) is 28.1. The van der Waals surface area contributed by atoms with Gasteiger partial charge in [0.05, 0.1) is 38.4 Å². The van der Waals surface area contributed by atoms with Crippen molar-refractivity contribution in [3.8, 4) is 0 Å². The molecule has 4 amide bonds.